The van der Waals surface area contributed by atoms with E-state index >= 15 is 0 Å². The Morgan fingerprint density at radius 3 is 2.46 bits per heavy atom. The number of hydrogen-bond acceptors (Lipinski definition) is 6. The second-order valence-corrected chi connectivity index (χ2v) is 7.45. The van der Waals surface area contributed by atoms with Gasteiger partial charge in [0.2, 0.25) is 5.91 Å². The van der Waals surface area contributed by atoms with E-state index in [1.54, 1.807) is 38.1 Å². The lowest BCUT2D eigenvalue weighted by atomic mass is 10.1. The summed E-state index contributed by atoms with van der Waals surface area (Å²) in [6.07, 6.45) is 0.704. The number of carbonyl (C=O) groups is 3. The number of Topliss-reactive ketones (excluding diaryl/α,β-unsaturated/α-hetero) is 1. The number of carbonyl (C=O) groups excluding carboxylic acids is 3. The Balaban J connectivity index is 1.96. The first-order valence-corrected chi connectivity index (χ1v) is 10.0. The summed E-state index contributed by atoms with van der Waals surface area (Å²) in [7, 11) is 0. The number of hydrogen-bond donors (Lipinski definition) is 1. The second-order valence-electron chi connectivity index (χ2n) is 5.99. The van der Waals surface area contributed by atoms with E-state index in [0.29, 0.717) is 39.2 Å². The minimum atomic E-state index is -0.551. The molecule has 6 nitrogen and oxygen atoms in total. The maximum atomic E-state index is 12.3. The molecule has 0 saturated carbocycles. The van der Waals surface area contributed by atoms with Crippen molar-refractivity contribution in [1.29, 1.82) is 0 Å². The lowest BCUT2D eigenvalue weighted by Crippen LogP contribution is -2.15. The Morgan fingerprint density at radius 1 is 1.18 bits per heavy atom. The third kappa shape index (κ3) is 5.81. The molecule has 8 heteroatoms. The monoisotopic (exact) mass is 423 g/mol. The smallest absolute Gasteiger partial charge is 0.341 e. The first-order valence-electron chi connectivity index (χ1n) is 8.83. The SMILES string of the molecule is CCOC(=O)c1c(NC(=O)CCCOc2ccc(Cl)cc2)sc(C(C)=O)c1C. The van der Waals surface area contributed by atoms with Crippen LogP contribution in [0.15, 0.2) is 24.3 Å². The van der Waals surface area contributed by atoms with E-state index in [9.17, 15) is 14.4 Å². The van der Waals surface area contributed by atoms with Crippen LogP contribution in [-0.4, -0.2) is 30.9 Å². The standard InChI is InChI=1S/C20H22ClNO5S/c1-4-26-20(25)17-12(2)18(13(3)23)28-19(17)22-16(24)6-5-11-27-15-9-7-14(21)8-10-15/h7-10H,4-6,11H2,1-3H3,(H,22,24). The summed E-state index contributed by atoms with van der Waals surface area (Å²) in [5.74, 6) is -0.300. The van der Waals surface area contributed by atoms with Gasteiger partial charge in [-0.15, -0.1) is 11.3 Å². The highest BCUT2D eigenvalue weighted by molar-refractivity contribution is 7.18. The summed E-state index contributed by atoms with van der Waals surface area (Å²) < 4.78 is 10.6. The summed E-state index contributed by atoms with van der Waals surface area (Å²) in [6.45, 7) is 5.37. The van der Waals surface area contributed by atoms with Gasteiger partial charge in [0.05, 0.1) is 23.7 Å². The van der Waals surface area contributed by atoms with Gasteiger partial charge in [-0.3, -0.25) is 9.59 Å². The zero-order valence-electron chi connectivity index (χ0n) is 16.0. The number of ether oxygens (including phenoxy) is 2. The van der Waals surface area contributed by atoms with Crippen LogP contribution in [0, 0.1) is 6.92 Å². The Hall–Kier alpha value is -2.38. The van der Waals surface area contributed by atoms with E-state index in [-0.39, 0.29) is 30.3 Å². The van der Waals surface area contributed by atoms with Crippen molar-refractivity contribution < 1.29 is 23.9 Å². The van der Waals surface area contributed by atoms with Crippen LogP contribution in [0.2, 0.25) is 5.02 Å². The maximum absolute atomic E-state index is 12.3. The highest BCUT2D eigenvalue weighted by atomic mass is 35.5. The summed E-state index contributed by atoms with van der Waals surface area (Å²) in [5, 5.41) is 3.69. The molecule has 1 aromatic heterocycles. The Labute approximate surface area is 172 Å². The average Bonchev–Trinajstić information content (AvgIpc) is 2.96. The molecule has 1 amide bonds. The topological polar surface area (TPSA) is 81.7 Å². The van der Waals surface area contributed by atoms with Gasteiger partial charge in [-0.25, -0.2) is 4.79 Å². The van der Waals surface area contributed by atoms with Crippen LogP contribution < -0.4 is 10.1 Å². The molecular weight excluding hydrogens is 402 g/mol. The summed E-state index contributed by atoms with van der Waals surface area (Å²) >= 11 is 6.91. The minimum Gasteiger partial charge on any atom is -0.494 e. The minimum absolute atomic E-state index is 0.162. The number of halogens is 1. The Bertz CT molecular complexity index is 860. The Morgan fingerprint density at radius 2 is 1.86 bits per heavy atom. The van der Waals surface area contributed by atoms with Gasteiger partial charge in [0.25, 0.3) is 0 Å². The zero-order valence-corrected chi connectivity index (χ0v) is 17.5. The quantitative estimate of drug-likeness (QED) is 0.353. The number of esters is 1. The molecule has 0 aliphatic heterocycles. The average molecular weight is 424 g/mol. The molecule has 28 heavy (non-hydrogen) atoms. The molecule has 0 aliphatic carbocycles. The van der Waals surface area contributed by atoms with Gasteiger partial charge in [-0.1, -0.05) is 11.6 Å². The van der Waals surface area contributed by atoms with Crippen molar-refractivity contribution >= 4 is 45.6 Å². The van der Waals surface area contributed by atoms with Gasteiger partial charge in [-0.05, 0) is 57.0 Å². The zero-order chi connectivity index (χ0) is 20.7. The largest absolute Gasteiger partial charge is 0.494 e. The van der Waals surface area contributed by atoms with Crippen LogP contribution in [0.1, 0.15) is 52.3 Å². The molecule has 0 spiro atoms. The van der Waals surface area contributed by atoms with E-state index in [1.807, 2.05) is 0 Å². The molecule has 2 rings (SSSR count). The van der Waals surface area contributed by atoms with Gasteiger partial charge in [0.15, 0.2) is 5.78 Å². The van der Waals surface area contributed by atoms with Gasteiger partial charge in [0.1, 0.15) is 10.8 Å². The van der Waals surface area contributed by atoms with Gasteiger partial charge >= 0.3 is 5.97 Å². The van der Waals surface area contributed by atoms with E-state index in [0.717, 1.165) is 11.3 Å². The molecule has 0 radical (unpaired) electrons. The molecule has 0 fully saturated rings. The molecule has 0 saturated heterocycles. The first kappa shape index (κ1) is 21.9. The van der Waals surface area contributed by atoms with Crippen LogP contribution in [-0.2, 0) is 9.53 Å². The Kier molecular flexibility index (Phi) is 8.02. The second kappa shape index (κ2) is 10.2. The molecule has 0 atom stereocenters. The molecule has 0 unspecified atom stereocenters. The molecular formula is C20H22ClNO5S. The van der Waals surface area contributed by atoms with Crippen molar-refractivity contribution in [2.24, 2.45) is 0 Å². The van der Waals surface area contributed by atoms with E-state index < -0.39 is 5.97 Å². The van der Waals surface area contributed by atoms with Crippen molar-refractivity contribution in [3.05, 3.63) is 45.3 Å². The summed E-state index contributed by atoms with van der Waals surface area (Å²) in [4.78, 5) is 36.7. The molecule has 1 heterocycles. The summed E-state index contributed by atoms with van der Waals surface area (Å²) in [5.41, 5.74) is 0.764. The fraction of sp³-hybridized carbons (Fsp3) is 0.350. The highest BCUT2D eigenvalue weighted by Crippen LogP contribution is 2.34. The van der Waals surface area contributed by atoms with Crippen LogP contribution in [0.3, 0.4) is 0 Å². The number of rotatable bonds is 9. The van der Waals surface area contributed by atoms with Crippen molar-refractivity contribution in [2.45, 2.75) is 33.6 Å². The maximum Gasteiger partial charge on any atom is 0.341 e. The third-order valence-corrected chi connectivity index (χ3v) is 5.39. The molecule has 0 aliphatic rings. The fourth-order valence-electron chi connectivity index (χ4n) is 2.53. The molecule has 150 valence electrons. The van der Waals surface area contributed by atoms with Crippen LogP contribution in [0.5, 0.6) is 5.75 Å². The summed E-state index contributed by atoms with van der Waals surface area (Å²) in [6, 6.07) is 6.97. The number of ketones is 1. The first-order chi connectivity index (χ1) is 13.3. The normalized spacial score (nSPS) is 10.4. The fourth-order valence-corrected chi connectivity index (χ4v) is 3.76. The number of nitrogens with one attached hydrogen (secondary N) is 1. The number of anilines is 1. The van der Waals surface area contributed by atoms with Crippen LogP contribution in [0.25, 0.3) is 0 Å². The number of thiophene rings is 1. The van der Waals surface area contributed by atoms with Crippen molar-refractivity contribution in [2.75, 3.05) is 18.5 Å². The molecule has 0 bridgehead atoms. The van der Waals surface area contributed by atoms with Crippen LogP contribution >= 0.6 is 22.9 Å². The molecule has 2 aromatic rings. The lowest BCUT2D eigenvalue weighted by Gasteiger charge is -2.08. The van der Waals surface area contributed by atoms with Gasteiger partial charge in [0, 0.05) is 11.4 Å². The van der Waals surface area contributed by atoms with Crippen molar-refractivity contribution in [3.63, 3.8) is 0 Å². The lowest BCUT2D eigenvalue weighted by molar-refractivity contribution is -0.116. The molecule has 1 aromatic carbocycles. The van der Waals surface area contributed by atoms with Crippen molar-refractivity contribution in [1.82, 2.24) is 0 Å². The van der Waals surface area contributed by atoms with E-state index in [1.165, 1.54) is 6.92 Å². The van der Waals surface area contributed by atoms with Crippen LogP contribution in [0.4, 0.5) is 5.00 Å². The molecule has 1 N–H and O–H groups in total. The number of benzene rings is 1. The van der Waals surface area contributed by atoms with Gasteiger partial charge < -0.3 is 14.8 Å². The van der Waals surface area contributed by atoms with Crippen molar-refractivity contribution in [3.8, 4) is 5.75 Å². The van der Waals surface area contributed by atoms with E-state index in [4.69, 9.17) is 21.1 Å². The van der Waals surface area contributed by atoms with E-state index in [2.05, 4.69) is 5.32 Å². The predicted octanol–water partition coefficient (Wildman–Crippen LogP) is 4.89. The number of amides is 1. The highest BCUT2D eigenvalue weighted by Gasteiger charge is 2.25. The van der Waals surface area contributed by atoms with Gasteiger partial charge in [-0.2, -0.15) is 0 Å². The predicted molar refractivity (Wildman–Crippen MR) is 110 cm³/mol. The third-order valence-electron chi connectivity index (χ3n) is 3.83.